The highest BCUT2D eigenvalue weighted by molar-refractivity contribution is 5.64. The topological polar surface area (TPSA) is 70.5 Å². The minimum Gasteiger partial charge on any atom is -0.467 e. The summed E-state index contributed by atoms with van der Waals surface area (Å²) in [7, 11) is 0. The molecule has 0 spiro atoms. The van der Waals surface area contributed by atoms with E-state index in [9.17, 15) is 4.39 Å². The van der Waals surface area contributed by atoms with E-state index in [1.54, 1.807) is 6.07 Å². The zero-order valence-electron chi connectivity index (χ0n) is 8.77. The van der Waals surface area contributed by atoms with Crippen molar-refractivity contribution in [3.05, 3.63) is 29.6 Å². The molecule has 0 saturated heterocycles. The summed E-state index contributed by atoms with van der Waals surface area (Å²) in [6.45, 7) is 0.502. The highest BCUT2D eigenvalue weighted by Crippen LogP contribution is 2.33. The number of ether oxygens (including phenoxy) is 2. The first-order valence-corrected chi connectivity index (χ1v) is 4.99. The average Bonchev–Trinajstić information content (AvgIpc) is 2.75. The number of nitrogens with zero attached hydrogens (tertiary/aromatic N) is 1. The van der Waals surface area contributed by atoms with Crippen LogP contribution in [-0.4, -0.2) is 11.9 Å². The highest BCUT2D eigenvalue weighted by atomic mass is 19.1. The molecule has 0 saturated carbocycles. The predicted octanol–water partition coefficient (Wildman–Crippen LogP) is 1.93. The van der Waals surface area contributed by atoms with E-state index >= 15 is 0 Å². The van der Waals surface area contributed by atoms with Crippen molar-refractivity contribution in [3.8, 4) is 17.1 Å². The summed E-state index contributed by atoms with van der Waals surface area (Å²) >= 11 is 0. The zero-order valence-corrected chi connectivity index (χ0v) is 8.77. The molecule has 88 valence electrons. The third-order valence-corrected chi connectivity index (χ3v) is 2.50. The number of halogens is 1. The Balaban J connectivity index is 2.11. The van der Waals surface area contributed by atoms with E-state index in [-0.39, 0.29) is 23.9 Å². The lowest BCUT2D eigenvalue weighted by molar-refractivity contribution is -0.0165. The molecule has 2 heterocycles. The first kappa shape index (κ1) is 10.1. The summed E-state index contributed by atoms with van der Waals surface area (Å²) in [5.41, 5.74) is 6.37. The van der Waals surface area contributed by atoms with E-state index in [0.717, 1.165) is 0 Å². The molecular weight excluding hydrogens is 227 g/mol. The predicted molar refractivity (Wildman–Crippen MR) is 56.6 cm³/mol. The van der Waals surface area contributed by atoms with E-state index < -0.39 is 5.82 Å². The normalized spacial score (nSPS) is 14.2. The Labute approximate surface area is 95.9 Å². The van der Waals surface area contributed by atoms with Crippen LogP contribution in [0.2, 0.25) is 0 Å². The average molecular weight is 236 g/mol. The summed E-state index contributed by atoms with van der Waals surface area (Å²) < 4.78 is 29.1. The van der Waals surface area contributed by atoms with Crippen LogP contribution in [0, 0.1) is 5.82 Å². The molecule has 0 amide bonds. The SMILES string of the molecule is Nc1cc(-c2cc3c(cc2F)COCO3)on1. The number of nitrogens with two attached hydrogens (primary N) is 1. The van der Waals surface area contributed by atoms with Crippen LogP contribution >= 0.6 is 0 Å². The highest BCUT2D eigenvalue weighted by Gasteiger charge is 2.18. The van der Waals surface area contributed by atoms with Gasteiger partial charge in [0, 0.05) is 11.6 Å². The van der Waals surface area contributed by atoms with Crippen LogP contribution in [0.3, 0.4) is 0 Å². The molecule has 1 aromatic carbocycles. The van der Waals surface area contributed by atoms with Crippen molar-refractivity contribution in [1.82, 2.24) is 5.16 Å². The number of aromatic nitrogens is 1. The number of fused-ring (bicyclic) bond motifs is 1. The number of hydrogen-bond acceptors (Lipinski definition) is 5. The monoisotopic (exact) mass is 236 g/mol. The van der Waals surface area contributed by atoms with Crippen LogP contribution in [0.4, 0.5) is 10.2 Å². The fraction of sp³-hybridized carbons (Fsp3) is 0.182. The van der Waals surface area contributed by atoms with Crippen molar-refractivity contribution < 1.29 is 18.4 Å². The maximum Gasteiger partial charge on any atom is 0.189 e. The molecule has 3 rings (SSSR count). The molecule has 6 heteroatoms. The molecule has 1 aromatic heterocycles. The van der Waals surface area contributed by atoms with Gasteiger partial charge >= 0.3 is 0 Å². The summed E-state index contributed by atoms with van der Waals surface area (Å²) in [4.78, 5) is 0. The van der Waals surface area contributed by atoms with Crippen molar-refractivity contribution in [2.45, 2.75) is 6.61 Å². The summed E-state index contributed by atoms with van der Waals surface area (Å²) in [5.74, 6) is 0.649. The quantitative estimate of drug-likeness (QED) is 0.819. The Morgan fingerprint density at radius 1 is 1.29 bits per heavy atom. The number of benzene rings is 1. The molecule has 0 atom stereocenters. The van der Waals surface area contributed by atoms with E-state index in [4.69, 9.17) is 19.7 Å². The second-order valence-electron chi connectivity index (χ2n) is 3.67. The third-order valence-electron chi connectivity index (χ3n) is 2.50. The van der Waals surface area contributed by atoms with Crippen LogP contribution in [0.1, 0.15) is 5.56 Å². The Bertz CT molecular complexity index is 568. The van der Waals surface area contributed by atoms with E-state index in [0.29, 0.717) is 17.9 Å². The minimum absolute atomic E-state index is 0.163. The van der Waals surface area contributed by atoms with Gasteiger partial charge in [-0.2, -0.15) is 0 Å². The minimum atomic E-state index is -0.422. The van der Waals surface area contributed by atoms with Crippen LogP contribution in [0.15, 0.2) is 22.7 Å². The van der Waals surface area contributed by atoms with E-state index in [1.165, 1.54) is 12.1 Å². The fourth-order valence-electron chi connectivity index (χ4n) is 1.70. The molecule has 1 aliphatic heterocycles. The van der Waals surface area contributed by atoms with Crippen molar-refractivity contribution in [2.75, 3.05) is 12.5 Å². The fourth-order valence-corrected chi connectivity index (χ4v) is 1.70. The first-order chi connectivity index (χ1) is 8.24. The lowest BCUT2D eigenvalue weighted by Gasteiger charge is -2.18. The Hall–Kier alpha value is -2.08. The van der Waals surface area contributed by atoms with Crippen molar-refractivity contribution >= 4 is 5.82 Å². The Kier molecular flexibility index (Phi) is 2.22. The number of rotatable bonds is 1. The molecule has 2 aromatic rings. The number of hydrogen-bond donors (Lipinski definition) is 1. The van der Waals surface area contributed by atoms with Crippen LogP contribution in [-0.2, 0) is 11.3 Å². The maximum absolute atomic E-state index is 13.8. The van der Waals surface area contributed by atoms with Gasteiger partial charge in [-0.05, 0) is 12.1 Å². The van der Waals surface area contributed by atoms with E-state index in [1.807, 2.05) is 0 Å². The lowest BCUT2D eigenvalue weighted by atomic mass is 10.1. The second kappa shape index (κ2) is 3.74. The third kappa shape index (κ3) is 1.72. The molecule has 0 fully saturated rings. The molecule has 1 aliphatic rings. The van der Waals surface area contributed by atoms with Crippen molar-refractivity contribution in [2.24, 2.45) is 0 Å². The van der Waals surface area contributed by atoms with Crippen LogP contribution < -0.4 is 10.5 Å². The zero-order chi connectivity index (χ0) is 11.8. The maximum atomic E-state index is 13.8. The molecule has 0 radical (unpaired) electrons. The largest absolute Gasteiger partial charge is 0.467 e. The standard InChI is InChI=1S/C11H9FN2O3/c12-8-1-6-4-15-5-16-9(6)2-7(8)10-3-11(13)14-17-10/h1-3H,4-5H2,(H2,13,14). The van der Waals surface area contributed by atoms with Gasteiger partial charge in [0.05, 0.1) is 12.2 Å². The smallest absolute Gasteiger partial charge is 0.189 e. The first-order valence-electron chi connectivity index (χ1n) is 4.99. The van der Waals surface area contributed by atoms with Gasteiger partial charge in [-0.3, -0.25) is 0 Å². The van der Waals surface area contributed by atoms with Crippen LogP contribution in [0.5, 0.6) is 5.75 Å². The molecule has 0 unspecified atom stereocenters. The number of nitrogen functional groups attached to an aromatic ring is 1. The van der Waals surface area contributed by atoms with Gasteiger partial charge in [0.15, 0.2) is 18.4 Å². The Morgan fingerprint density at radius 2 is 2.18 bits per heavy atom. The van der Waals surface area contributed by atoms with Crippen molar-refractivity contribution in [1.29, 1.82) is 0 Å². The molecule has 2 N–H and O–H groups in total. The molecule has 17 heavy (non-hydrogen) atoms. The number of anilines is 1. The van der Waals surface area contributed by atoms with Gasteiger partial charge < -0.3 is 19.7 Å². The van der Waals surface area contributed by atoms with Gasteiger partial charge in [-0.15, -0.1) is 0 Å². The van der Waals surface area contributed by atoms with Crippen LogP contribution in [0.25, 0.3) is 11.3 Å². The Morgan fingerprint density at radius 3 is 2.94 bits per heavy atom. The van der Waals surface area contributed by atoms with Gasteiger partial charge in [0.2, 0.25) is 0 Å². The molecule has 0 bridgehead atoms. The summed E-state index contributed by atoms with van der Waals surface area (Å²) in [6, 6.07) is 4.39. The van der Waals surface area contributed by atoms with Gasteiger partial charge in [-0.25, -0.2) is 4.39 Å². The molecule has 5 nitrogen and oxygen atoms in total. The van der Waals surface area contributed by atoms with Gasteiger partial charge in [-0.1, -0.05) is 5.16 Å². The van der Waals surface area contributed by atoms with Gasteiger partial charge in [0.1, 0.15) is 11.6 Å². The summed E-state index contributed by atoms with van der Waals surface area (Å²) in [6.07, 6.45) is 0. The van der Waals surface area contributed by atoms with E-state index in [2.05, 4.69) is 5.16 Å². The molecular formula is C11H9FN2O3. The van der Waals surface area contributed by atoms with Crippen molar-refractivity contribution in [3.63, 3.8) is 0 Å². The lowest BCUT2D eigenvalue weighted by Crippen LogP contribution is -2.11. The summed E-state index contributed by atoms with van der Waals surface area (Å²) in [5, 5.41) is 3.52. The second-order valence-corrected chi connectivity index (χ2v) is 3.67. The molecule has 0 aliphatic carbocycles. The van der Waals surface area contributed by atoms with Gasteiger partial charge in [0.25, 0.3) is 0 Å².